The minimum absolute atomic E-state index is 0.172. The topological polar surface area (TPSA) is 62.2 Å². The summed E-state index contributed by atoms with van der Waals surface area (Å²) >= 11 is 3.28. The molecule has 0 atom stereocenters. The van der Waals surface area contributed by atoms with Crippen molar-refractivity contribution in [2.45, 2.75) is 18.9 Å². The van der Waals surface area contributed by atoms with Crippen molar-refractivity contribution < 1.29 is 9.90 Å². The van der Waals surface area contributed by atoms with Gasteiger partial charge >= 0.3 is 0 Å². The largest absolute Gasteiger partial charge is 0.393 e. The van der Waals surface area contributed by atoms with Gasteiger partial charge in [-0.1, -0.05) is 0 Å². The summed E-state index contributed by atoms with van der Waals surface area (Å²) in [5.74, 6) is 0.232. The molecule has 4 nitrogen and oxygen atoms in total. The fourth-order valence-corrected chi connectivity index (χ4v) is 2.18. The first kappa shape index (κ1) is 11.5. The van der Waals surface area contributed by atoms with E-state index in [4.69, 9.17) is 5.11 Å². The molecule has 1 heterocycles. The molecule has 16 heavy (non-hydrogen) atoms. The van der Waals surface area contributed by atoms with Crippen LogP contribution in [0.25, 0.3) is 0 Å². The van der Waals surface area contributed by atoms with Gasteiger partial charge in [0.25, 0.3) is 5.91 Å². The van der Waals surface area contributed by atoms with Gasteiger partial charge in [-0.15, -0.1) is 0 Å². The fraction of sp³-hybridized carbons (Fsp3) is 0.455. The number of carbonyl (C=O) groups is 1. The molecular formula is C11H13BrN2O2. The number of carbonyl (C=O) groups excluding carboxylic acids is 1. The van der Waals surface area contributed by atoms with Crippen LogP contribution in [0.3, 0.4) is 0 Å². The first-order chi connectivity index (χ1) is 7.66. The van der Waals surface area contributed by atoms with E-state index < -0.39 is 0 Å². The molecule has 1 amide bonds. The summed E-state index contributed by atoms with van der Waals surface area (Å²) in [5.41, 5.74) is 0.405. The molecule has 0 spiro atoms. The van der Waals surface area contributed by atoms with Gasteiger partial charge in [-0.3, -0.25) is 4.79 Å². The Morgan fingerprint density at radius 1 is 1.62 bits per heavy atom. The highest BCUT2D eigenvalue weighted by atomic mass is 79.9. The molecule has 0 aliphatic heterocycles. The SMILES string of the molecule is O=C(NCC1CC(O)C1)c1ncccc1Br. The Morgan fingerprint density at radius 2 is 2.38 bits per heavy atom. The number of aliphatic hydroxyl groups is 1. The average molecular weight is 285 g/mol. The average Bonchev–Trinajstić information content (AvgIpc) is 2.23. The van der Waals surface area contributed by atoms with Gasteiger partial charge in [0.2, 0.25) is 0 Å². The van der Waals surface area contributed by atoms with Crippen LogP contribution in [0.5, 0.6) is 0 Å². The van der Waals surface area contributed by atoms with Gasteiger partial charge in [-0.25, -0.2) is 4.98 Å². The van der Waals surface area contributed by atoms with Crippen molar-refractivity contribution in [3.05, 3.63) is 28.5 Å². The van der Waals surface area contributed by atoms with Crippen molar-refractivity contribution in [2.75, 3.05) is 6.54 Å². The Hall–Kier alpha value is -0.940. The molecule has 1 aromatic rings. The predicted molar refractivity (Wildman–Crippen MR) is 63.0 cm³/mol. The molecule has 1 aromatic heterocycles. The third-order valence-corrected chi connectivity index (χ3v) is 3.38. The molecule has 86 valence electrons. The van der Waals surface area contributed by atoms with Crippen LogP contribution < -0.4 is 5.32 Å². The maximum Gasteiger partial charge on any atom is 0.271 e. The van der Waals surface area contributed by atoms with E-state index in [1.807, 2.05) is 0 Å². The lowest BCUT2D eigenvalue weighted by Gasteiger charge is -2.31. The third-order valence-electron chi connectivity index (χ3n) is 2.74. The van der Waals surface area contributed by atoms with E-state index in [1.54, 1.807) is 18.3 Å². The van der Waals surface area contributed by atoms with Gasteiger partial charge in [0.1, 0.15) is 5.69 Å². The highest BCUT2D eigenvalue weighted by Gasteiger charge is 2.27. The maximum absolute atomic E-state index is 11.7. The van der Waals surface area contributed by atoms with Gasteiger partial charge in [-0.2, -0.15) is 0 Å². The minimum atomic E-state index is -0.177. The third kappa shape index (κ3) is 2.59. The Morgan fingerprint density at radius 3 is 3.00 bits per heavy atom. The molecule has 1 saturated carbocycles. The van der Waals surface area contributed by atoms with E-state index in [9.17, 15) is 4.79 Å². The molecule has 1 aliphatic rings. The molecular weight excluding hydrogens is 272 g/mol. The zero-order valence-electron chi connectivity index (χ0n) is 8.69. The number of halogens is 1. The van der Waals surface area contributed by atoms with Crippen LogP contribution >= 0.6 is 15.9 Å². The van der Waals surface area contributed by atoms with Crippen molar-refractivity contribution in [2.24, 2.45) is 5.92 Å². The molecule has 1 aliphatic carbocycles. The molecule has 0 saturated heterocycles. The standard InChI is InChI=1S/C11H13BrN2O2/c12-9-2-1-3-13-10(9)11(16)14-6-7-4-8(15)5-7/h1-3,7-8,15H,4-6H2,(H,14,16). The Kier molecular flexibility index (Phi) is 3.56. The summed E-state index contributed by atoms with van der Waals surface area (Å²) in [4.78, 5) is 15.7. The molecule has 0 bridgehead atoms. The highest BCUT2D eigenvalue weighted by molar-refractivity contribution is 9.10. The fourth-order valence-electron chi connectivity index (χ4n) is 1.74. The highest BCUT2D eigenvalue weighted by Crippen LogP contribution is 2.26. The lowest BCUT2D eigenvalue weighted by molar-refractivity contribution is 0.0419. The molecule has 2 N–H and O–H groups in total. The maximum atomic E-state index is 11.7. The van der Waals surface area contributed by atoms with E-state index in [0.29, 0.717) is 22.6 Å². The minimum Gasteiger partial charge on any atom is -0.393 e. The van der Waals surface area contributed by atoms with Crippen molar-refractivity contribution in [3.8, 4) is 0 Å². The van der Waals surface area contributed by atoms with Gasteiger partial charge in [0, 0.05) is 17.2 Å². The summed E-state index contributed by atoms with van der Waals surface area (Å²) in [6.45, 7) is 0.610. The van der Waals surface area contributed by atoms with E-state index in [-0.39, 0.29) is 12.0 Å². The Labute approximate surface area is 102 Å². The smallest absolute Gasteiger partial charge is 0.271 e. The van der Waals surface area contributed by atoms with E-state index >= 15 is 0 Å². The second-order valence-electron chi connectivity index (χ2n) is 4.04. The van der Waals surface area contributed by atoms with E-state index in [2.05, 4.69) is 26.2 Å². The molecule has 5 heteroatoms. The summed E-state index contributed by atoms with van der Waals surface area (Å²) in [6, 6.07) is 3.55. The van der Waals surface area contributed by atoms with Crippen LogP contribution in [-0.4, -0.2) is 28.6 Å². The van der Waals surface area contributed by atoms with Gasteiger partial charge in [0.15, 0.2) is 0 Å². The summed E-state index contributed by atoms with van der Waals surface area (Å²) < 4.78 is 0.696. The van der Waals surface area contributed by atoms with Crippen LogP contribution in [0.15, 0.2) is 22.8 Å². The van der Waals surface area contributed by atoms with Crippen molar-refractivity contribution in [1.82, 2.24) is 10.3 Å². The summed E-state index contributed by atoms with van der Waals surface area (Å²) in [7, 11) is 0. The monoisotopic (exact) mass is 284 g/mol. The Bertz CT molecular complexity index is 391. The van der Waals surface area contributed by atoms with Gasteiger partial charge < -0.3 is 10.4 Å². The predicted octanol–water partition coefficient (Wildman–Crippen LogP) is 1.34. The second-order valence-corrected chi connectivity index (χ2v) is 4.89. The Balaban J connectivity index is 1.86. The number of nitrogens with zero attached hydrogens (tertiary/aromatic N) is 1. The quantitative estimate of drug-likeness (QED) is 0.881. The van der Waals surface area contributed by atoms with Gasteiger partial charge in [-0.05, 0) is 46.8 Å². The van der Waals surface area contributed by atoms with Gasteiger partial charge in [0.05, 0.1) is 6.10 Å². The number of aromatic nitrogens is 1. The molecule has 2 rings (SSSR count). The van der Waals surface area contributed by atoms with E-state index in [0.717, 1.165) is 12.8 Å². The summed E-state index contributed by atoms with van der Waals surface area (Å²) in [5, 5.41) is 11.9. The number of hydrogen-bond donors (Lipinski definition) is 2. The molecule has 1 fully saturated rings. The van der Waals surface area contributed by atoms with E-state index in [1.165, 1.54) is 0 Å². The number of pyridine rings is 1. The summed E-state index contributed by atoms with van der Waals surface area (Å²) in [6.07, 6.45) is 2.98. The zero-order valence-corrected chi connectivity index (χ0v) is 10.3. The normalized spacial score (nSPS) is 23.6. The first-order valence-corrected chi connectivity index (χ1v) is 6.03. The lowest BCUT2D eigenvalue weighted by Crippen LogP contribution is -2.38. The van der Waals surface area contributed by atoms with Crippen molar-refractivity contribution in [1.29, 1.82) is 0 Å². The lowest BCUT2D eigenvalue weighted by atomic mass is 9.82. The van der Waals surface area contributed by atoms with Crippen molar-refractivity contribution in [3.63, 3.8) is 0 Å². The second kappa shape index (κ2) is 4.93. The van der Waals surface area contributed by atoms with Crippen LogP contribution in [0.1, 0.15) is 23.3 Å². The molecule has 0 aromatic carbocycles. The number of aliphatic hydroxyl groups excluding tert-OH is 1. The number of rotatable bonds is 3. The van der Waals surface area contributed by atoms with Crippen LogP contribution in [-0.2, 0) is 0 Å². The first-order valence-electron chi connectivity index (χ1n) is 5.23. The van der Waals surface area contributed by atoms with Crippen molar-refractivity contribution >= 4 is 21.8 Å². The van der Waals surface area contributed by atoms with Crippen LogP contribution in [0.2, 0.25) is 0 Å². The number of hydrogen-bond acceptors (Lipinski definition) is 3. The molecule has 0 unspecified atom stereocenters. The number of amides is 1. The van der Waals surface area contributed by atoms with Crippen LogP contribution in [0.4, 0.5) is 0 Å². The number of nitrogens with one attached hydrogen (secondary N) is 1. The van der Waals surface area contributed by atoms with Crippen LogP contribution in [0, 0.1) is 5.92 Å². The molecule has 0 radical (unpaired) electrons. The zero-order chi connectivity index (χ0) is 11.5.